The third kappa shape index (κ3) is 4.39. The highest BCUT2D eigenvalue weighted by Crippen LogP contribution is 2.19. The Bertz CT molecular complexity index is 577. The molecule has 5 nitrogen and oxygen atoms in total. The number of thiazole rings is 1. The molecule has 2 heterocycles. The Morgan fingerprint density at radius 1 is 1.52 bits per heavy atom. The summed E-state index contributed by atoms with van der Waals surface area (Å²) in [5.41, 5.74) is 1.03. The molecule has 2 rings (SSSR count). The highest BCUT2D eigenvalue weighted by Gasteiger charge is 2.15. The van der Waals surface area contributed by atoms with Crippen LogP contribution in [0.2, 0.25) is 0 Å². The van der Waals surface area contributed by atoms with E-state index in [1.54, 1.807) is 22.2 Å². The summed E-state index contributed by atoms with van der Waals surface area (Å²) in [7, 11) is 0. The lowest BCUT2D eigenvalue weighted by Crippen LogP contribution is -2.31. The van der Waals surface area contributed by atoms with Gasteiger partial charge >= 0.3 is 0 Å². The topological polar surface area (TPSA) is 59.8 Å². The summed E-state index contributed by atoms with van der Waals surface area (Å²) in [6.07, 6.45) is 5.70. The maximum Gasteiger partial charge on any atom is 0.224 e. The zero-order valence-electron chi connectivity index (χ0n) is 12.8. The van der Waals surface area contributed by atoms with E-state index in [0.717, 1.165) is 28.4 Å². The summed E-state index contributed by atoms with van der Waals surface area (Å²) in [6, 6.07) is 1.86. The van der Waals surface area contributed by atoms with Gasteiger partial charge in [0.1, 0.15) is 0 Å². The summed E-state index contributed by atoms with van der Waals surface area (Å²) in [5.74, 6) is -0.0522. The Hall–Kier alpha value is -1.69. The van der Waals surface area contributed by atoms with Crippen LogP contribution >= 0.6 is 11.3 Å². The van der Waals surface area contributed by atoms with Gasteiger partial charge in [-0.2, -0.15) is 5.10 Å². The van der Waals surface area contributed by atoms with E-state index in [0.29, 0.717) is 13.1 Å². The summed E-state index contributed by atoms with van der Waals surface area (Å²) >= 11 is 1.70. The number of nitrogens with zero attached hydrogens (tertiary/aromatic N) is 3. The molecule has 0 fully saturated rings. The number of amides is 1. The van der Waals surface area contributed by atoms with Crippen molar-refractivity contribution in [2.24, 2.45) is 5.92 Å². The van der Waals surface area contributed by atoms with Gasteiger partial charge in [-0.1, -0.05) is 13.8 Å². The molecule has 1 atom stereocenters. The number of nitrogens with one attached hydrogen (secondary N) is 1. The average molecular weight is 306 g/mol. The van der Waals surface area contributed by atoms with Gasteiger partial charge in [0.05, 0.1) is 29.7 Å². The molecule has 0 bridgehead atoms. The van der Waals surface area contributed by atoms with Crippen molar-refractivity contribution < 1.29 is 4.79 Å². The first-order valence-electron chi connectivity index (χ1n) is 7.30. The predicted molar refractivity (Wildman–Crippen MR) is 84.1 cm³/mol. The molecule has 2 aromatic rings. The van der Waals surface area contributed by atoms with E-state index in [1.807, 2.05) is 26.1 Å². The molecule has 6 heteroatoms. The van der Waals surface area contributed by atoms with Crippen molar-refractivity contribution in [2.75, 3.05) is 0 Å². The van der Waals surface area contributed by atoms with Crippen LogP contribution in [-0.4, -0.2) is 20.7 Å². The first kappa shape index (κ1) is 15.7. The fraction of sp³-hybridized carbons (Fsp3) is 0.533. The zero-order chi connectivity index (χ0) is 15.2. The van der Waals surface area contributed by atoms with Crippen LogP contribution in [0.15, 0.2) is 18.5 Å². The molecule has 0 radical (unpaired) electrons. The molecule has 0 aromatic carbocycles. The minimum absolute atomic E-state index is 0.0512. The molecule has 0 aliphatic heterocycles. The molecule has 0 aliphatic rings. The second-order valence-corrected chi connectivity index (χ2v) is 6.38. The number of carbonyl (C=O) groups is 1. The normalized spacial score (nSPS) is 12.3. The van der Waals surface area contributed by atoms with Crippen LogP contribution in [0.3, 0.4) is 0 Å². The molecule has 21 heavy (non-hydrogen) atoms. The molecular weight excluding hydrogens is 284 g/mol. The summed E-state index contributed by atoms with van der Waals surface area (Å²) in [5, 5.41) is 8.28. The van der Waals surface area contributed by atoms with Crippen LogP contribution in [-0.2, 0) is 24.3 Å². The maximum absolute atomic E-state index is 12.1. The van der Waals surface area contributed by atoms with Gasteiger partial charge in [-0.15, -0.1) is 11.3 Å². The first-order chi connectivity index (χ1) is 10.1. The number of rotatable bonds is 7. The van der Waals surface area contributed by atoms with E-state index >= 15 is 0 Å². The molecular formula is C15H22N4OS. The Morgan fingerprint density at radius 3 is 3.00 bits per heavy atom. The average Bonchev–Trinajstić information content (AvgIpc) is 3.06. The summed E-state index contributed by atoms with van der Waals surface area (Å²) in [4.78, 5) is 17.8. The van der Waals surface area contributed by atoms with Crippen LogP contribution in [0.5, 0.6) is 0 Å². The van der Waals surface area contributed by atoms with Crippen molar-refractivity contribution >= 4 is 17.2 Å². The lowest BCUT2D eigenvalue weighted by atomic mass is 10.1. The van der Waals surface area contributed by atoms with Gasteiger partial charge in [0.15, 0.2) is 0 Å². The van der Waals surface area contributed by atoms with Crippen molar-refractivity contribution in [1.29, 1.82) is 0 Å². The van der Waals surface area contributed by atoms with Gasteiger partial charge < -0.3 is 5.32 Å². The van der Waals surface area contributed by atoms with Crippen molar-refractivity contribution in [2.45, 2.75) is 46.7 Å². The number of aromatic nitrogens is 3. The lowest BCUT2D eigenvalue weighted by molar-refractivity contribution is -0.125. The summed E-state index contributed by atoms with van der Waals surface area (Å²) < 4.78 is 1.78. The van der Waals surface area contributed by atoms with Crippen molar-refractivity contribution in [3.05, 3.63) is 34.0 Å². The minimum atomic E-state index is -0.103. The van der Waals surface area contributed by atoms with E-state index in [2.05, 4.69) is 22.3 Å². The van der Waals surface area contributed by atoms with Crippen molar-refractivity contribution in [3.8, 4) is 0 Å². The predicted octanol–water partition coefficient (Wildman–Crippen LogP) is 2.55. The molecule has 2 aromatic heterocycles. The van der Waals surface area contributed by atoms with E-state index < -0.39 is 0 Å². The maximum atomic E-state index is 12.1. The van der Waals surface area contributed by atoms with Crippen molar-refractivity contribution in [1.82, 2.24) is 20.1 Å². The smallest absolute Gasteiger partial charge is 0.224 e. The Kier molecular flexibility index (Phi) is 5.50. The molecule has 0 saturated carbocycles. The lowest BCUT2D eigenvalue weighted by Gasteiger charge is -2.11. The zero-order valence-corrected chi connectivity index (χ0v) is 13.6. The third-order valence-corrected chi connectivity index (χ3v) is 4.51. The molecule has 1 amide bonds. The van der Waals surface area contributed by atoms with Gasteiger partial charge in [0.2, 0.25) is 5.91 Å². The largest absolute Gasteiger partial charge is 0.351 e. The highest BCUT2D eigenvalue weighted by molar-refractivity contribution is 7.11. The van der Waals surface area contributed by atoms with E-state index in [1.165, 1.54) is 0 Å². The molecule has 1 unspecified atom stereocenters. The number of carbonyl (C=O) groups excluding carboxylic acids is 1. The molecule has 114 valence electrons. The fourth-order valence-corrected chi connectivity index (χ4v) is 3.20. The van der Waals surface area contributed by atoms with Gasteiger partial charge in [-0.25, -0.2) is 4.98 Å². The molecule has 0 aliphatic carbocycles. The summed E-state index contributed by atoms with van der Waals surface area (Å²) in [6.45, 7) is 7.23. The second kappa shape index (κ2) is 7.36. The van der Waals surface area contributed by atoms with Crippen LogP contribution in [0, 0.1) is 12.8 Å². The molecule has 0 saturated heterocycles. The standard InChI is InChI=1S/C15H22N4OS/c1-4-6-14-18-12(3)13(21-14)9-16-15(20)11(2)10-19-8-5-7-17-19/h5,7-8,11H,4,6,9-10H2,1-3H3,(H,16,20). The molecule has 1 N–H and O–H groups in total. The Morgan fingerprint density at radius 2 is 2.33 bits per heavy atom. The number of hydrogen-bond donors (Lipinski definition) is 1. The Balaban J connectivity index is 1.85. The molecule has 0 spiro atoms. The highest BCUT2D eigenvalue weighted by atomic mass is 32.1. The number of aryl methyl sites for hydroxylation is 2. The monoisotopic (exact) mass is 306 g/mol. The van der Waals surface area contributed by atoms with Crippen LogP contribution in [0.4, 0.5) is 0 Å². The first-order valence-corrected chi connectivity index (χ1v) is 8.12. The van der Waals surface area contributed by atoms with Crippen LogP contribution in [0.25, 0.3) is 0 Å². The van der Waals surface area contributed by atoms with Crippen LogP contribution < -0.4 is 5.32 Å². The SMILES string of the molecule is CCCc1nc(C)c(CNC(=O)C(C)Cn2cccn2)s1. The van der Waals surface area contributed by atoms with Crippen molar-refractivity contribution in [3.63, 3.8) is 0 Å². The van der Waals surface area contributed by atoms with E-state index in [-0.39, 0.29) is 11.8 Å². The Labute approximate surface area is 129 Å². The fourth-order valence-electron chi connectivity index (χ4n) is 2.09. The van der Waals surface area contributed by atoms with Gasteiger partial charge in [-0.05, 0) is 25.8 Å². The van der Waals surface area contributed by atoms with E-state index in [9.17, 15) is 4.79 Å². The third-order valence-electron chi connectivity index (χ3n) is 3.29. The van der Waals surface area contributed by atoms with E-state index in [4.69, 9.17) is 0 Å². The minimum Gasteiger partial charge on any atom is -0.351 e. The number of hydrogen-bond acceptors (Lipinski definition) is 4. The second-order valence-electron chi connectivity index (χ2n) is 5.21. The van der Waals surface area contributed by atoms with Crippen LogP contribution in [0.1, 0.15) is 35.8 Å². The van der Waals surface area contributed by atoms with Gasteiger partial charge in [0.25, 0.3) is 0 Å². The van der Waals surface area contributed by atoms with Gasteiger partial charge in [0, 0.05) is 17.3 Å². The van der Waals surface area contributed by atoms with Gasteiger partial charge in [-0.3, -0.25) is 9.48 Å². The quantitative estimate of drug-likeness (QED) is 0.855.